The second kappa shape index (κ2) is 11.2. The minimum absolute atomic E-state index is 0.0197. The lowest BCUT2D eigenvalue weighted by molar-refractivity contribution is 0.122. The molecule has 2 aromatic carbocycles. The van der Waals surface area contributed by atoms with Crippen molar-refractivity contribution < 1.29 is 13.2 Å². The maximum absolute atomic E-state index is 13.7. The fraction of sp³-hybridized carbons (Fsp3) is 0.515. The lowest BCUT2D eigenvalue weighted by atomic mass is 9.66. The van der Waals surface area contributed by atoms with E-state index in [4.69, 9.17) is 4.74 Å². The van der Waals surface area contributed by atoms with Crippen LogP contribution in [0.2, 0.25) is 0 Å². The Morgan fingerprint density at radius 2 is 1.62 bits per heavy atom. The largest absolute Gasteiger partial charge is 0.477 e. The second-order valence-electron chi connectivity index (χ2n) is 13.2. The zero-order chi connectivity index (χ0) is 28.7. The summed E-state index contributed by atoms with van der Waals surface area (Å²) >= 11 is 0. The normalized spacial score (nSPS) is 24.6. The van der Waals surface area contributed by atoms with E-state index in [1.54, 1.807) is 6.07 Å². The Balaban J connectivity index is 1.66. The molecule has 1 fully saturated rings. The van der Waals surface area contributed by atoms with E-state index in [-0.39, 0.29) is 28.1 Å². The molecule has 2 heterocycles. The van der Waals surface area contributed by atoms with Crippen molar-refractivity contribution in [2.24, 2.45) is 23.2 Å². The lowest BCUT2D eigenvalue weighted by Crippen LogP contribution is -2.32. The van der Waals surface area contributed by atoms with Crippen LogP contribution in [-0.2, 0) is 10.0 Å². The molecule has 5 rings (SSSR count). The van der Waals surface area contributed by atoms with Crippen molar-refractivity contribution in [2.45, 2.75) is 84.5 Å². The van der Waals surface area contributed by atoms with Gasteiger partial charge in [0, 0.05) is 17.5 Å². The third-order valence-corrected chi connectivity index (χ3v) is 9.94. The summed E-state index contributed by atoms with van der Waals surface area (Å²) in [5.41, 5.74) is 4.89. The van der Waals surface area contributed by atoms with E-state index in [2.05, 4.69) is 48.5 Å². The summed E-state index contributed by atoms with van der Waals surface area (Å²) in [7, 11) is -3.91. The van der Waals surface area contributed by atoms with Crippen LogP contribution >= 0.6 is 0 Å². The third-order valence-electron chi connectivity index (χ3n) is 8.61. The molecular weight excluding hydrogens is 518 g/mol. The summed E-state index contributed by atoms with van der Waals surface area (Å²) in [4.78, 5) is 9.44. The molecule has 40 heavy (non-hydrogen) atoms. The summed E-state index contributed by atoms with van der Waals surface area (Å²) in [5.74, 6) is 2.02. The van der Waals surface area contributed by atoms with Gasteiger partial charge >= 0.3 is 0 Å². The number of aromatic nitrogens is 2. The Morgan fingerprint density at radius 1 is 0.950 bits per heavy atom. The van der Waals surface area contributed by atoms with E-state index in [0.717, 1.165) is 47.4 Å². The minimum Gasteiger partial charge on any atom is -0.477 e. The van der Waals surface area contributed by atoms with Gasteiger partial charge in [0.15, 0.2) is 0 Å². The highest BCUT2D eigenvalue weighted by molar-refractivity contribution is 7.92. The van der Waals surface area contributed by atoms with Crippen molar-refractivity contribution in [3.05, 3.63) is 65.2 Å². The maximum atomic E-state index is 13.7. The first kappa shape index (κ1) is 28.6. The fourth-order valence-electron chi connectivity index (χ4n) is 6.80. The van der Waals surface area contributed by atoms with E-state index < -0.39 is 10.0 Å². The molecule has 0 saturated heterocycles. The van der Waals surface area contributed by atoms with Crippen LogP contribution in [0.5, 0.6) is 5.88 Å². The zero-order valence-electron chi connectivity index (χ0n) is 24.7. The second-order valence-corrected chi connectivity index (χ2v) is 14.9. The summed E-state index contributed by atoms with van der Waals surface area (Å²) < 4.78 is 36.5. The molecule has 1 aliphatic carbocycles. The number of anilines is 1. The van der Waals surface area contributed by atoms with Gasteiger partial charge in [-0.1, -0.05) is 70.9 Å². The van der Waals surface area contributed by atoms with Crippen LogP contribution in [0, 0.1) is 37.0 Å². The molecule has 214 valence electrons. The van der Waals surface area contributed by atoms with Crippen molar-refractivity contribution >= 4 is 16.0 Å². The number of ether oxygens (including phenoxy) is 1. The van der Waals surface area contributed by atoms with Gasteiger partial charge in [0.05, 0.1) is 17.2 Å². The predicted octanol–water partition coefficient (Wildman–Crippen LogP) is 7.92. The number of hydrogen-bond acceptors (Lipinski definition) is 5. The van der Waals surface area contributed by atoms with Crippen LogP contribution in [0.25, 0.3) is 11.3 Å². The highest BCUT2D eigenvalue weighted by Gasteiger charge is 2.36. The molecule has 6 nitrogen and oxygen atoms in total. The number of nitrogens with zero attached hydrogens (tertiary/aromatic N) is 2. The molecule has 3 aromatic rings. The topological polar surface area (TPSA) is 81.2 Å². The van der Waals surface area contributed by atoms with Crippen molar-refractivity contribution in [1.82, 2.24) is 9.97 Å². The standard InChI is InChI=1S/C33H43N3O3S/c1-21-13-15-24(16-14-21)31-25-11-8-12-27(17-25)40(37,38)36-32-34-28(30-22(2)9-7-10-23(30)3)18-29(35-32)39-20-26(31)19-33(4,5)6/h7-12,17-18,21,24,26,31H,13-16,19-20H2,1-6H3,(H,34,35,36)/t21?,24?,26-,31?/m1/s1. The summed E-state index contributed by atoms with van der Waals surface area (Å²) in [5, 5.41) is 0. The van der Waals surface area contributed by atoms with Crippen LogP contribution in [0.1, 0.15) is 82.4 Å². The van der Waals surface area contributed by atoms with Gasteiger partial charge in [-0.05, 0) is 85.1 Å². The van der Waals surface area contributed by atoms with Crippen LogP contribution in [-0.4, -0.2) is 25.0 Å². The van der Waals surface area contributed by atoms with E-state index >= 15 is 0 Å². The van der Waals surface area contributed by atoms with Gasteiger partial charge in [0.1, 0.15) is 0 Å². The molecule has 0 spiro atoms. The van der Waals surface area contributed by atoms with Crippen LogP contribution in [0.4, 0.5) is 5.95 Å². The first-order chi connectivity index (χ1) is 18.9. The average Bonchev–Trinajstić information content (AvgIpc) is 2.87. The zero-order valence-corrected chi connectivity index (χ0v) is 25.5. The molecule has 1 unspecified atom stereocenters. The molecule has 1 saturated carbocycles. The Kier molecular flexibility index (Phi) is 7.97. The Bertz CT molecular complexity index is 1450. The predicted molar refractivity (Wildman–Crippen MR) is 161 cm³/mol. The SMILES string of the molecule is Cc1cccc(C)c1-c1cc2nc(n1)NS(=O)(=O)c1cccc(c1)C(C1CCC(C)CC1)[C@H](CC(C)(C)C)CO2. The van der Waals surface area contributed by atoms with Gasteiger partial charge in [-0.25, -0.2) is 18.1 Å². The van der Waals surface area contributed by atoms with Crippen LogP contribution in [0.3, 0.4) is 0 Å². The fourth-order valence-corrected chi connectivity index (χ4v) is 7.80. The van der Waals surface area contributed by atoms with Crippen LogP contribution in [0.15, 0.2) is 53.4 Å². The smallest absolute Gasteiger partial charge is 0.264 e. The van der Waals surface area contributed by atoms with E-state index in [0.29, 0.717) is 24.1 Å². The van der Waals surface area contributed by atoms with Crippen molar-refractivity contribution in [1.29, 1.82) is 0 Å². The minimum atomic E-state index is -3.91. The number of rotatable bonds is 3. The molecule has 4 bridgehead atoms. The maximum Gasteiger partial charge on any atom is 0.264 e. The number of nitrogens with one attached hydrogen (secondary N) is 1. The molecule has 1 aromatic heterocycles. The number of sulfonamides is 1. The highest BCUT2D eigenvalue weighted by Crippen LogP contribution is 2.46. The van der Waals surface area contributed by atoms with E-state index in [1.807, 2.05) is 50.2 Å². The number of aryl methyl sites for hydroxylation is 2. The van der Waals surface area contributed by atoms with Gasteiger partial charge in [-0.2, -0.15) is 4.98 Å². The molecule has 2 atom stereocenters. The first-order valence-electron chi connectivity index (χ1n) is 14.6. The summed E-state index contributed by atoms with van der Waals surface area (Å²) in [6, 6.07) is 15.5. The number of fused-ring (bicyclic) bond motifs is 4. The van der Waals surface area contributed by atoms with Crippen molar-refractivity contribution in [3.8, 4) is 17.1 Å². The first-order valence-corrected chi connectivity index (χ1v) is 16.1. The van der Waals surface area contributed by atoms with Crippen molar-refractivity contribution in [2.75, 3.05) is 11.3 Å². The quantitative estimate of drug-likeness (QED) is 0.351. The third kappa shape index (κ3) is 6.35. The van der Waals surface area contributed by atoms with Gasteiger partial charge < -0.3 is 4.74 Å². The molecule has 2 aliphatic rings. The average molecular weight is 562 g/mol. The van der Waals surface area contributed by atoms with Crippen LogP contribution < -0.4 is 9.46 Å². The van der Waals surface area contributed by atoms with Gasteiger partial charge in [0.2, 0.25) is 11.8 Å². The number of benzene rings is 2. The summed E-state index contributed by atoms with van der Waals surface area (Å²) in [6.07, 6.45) is 5.67. The molecule has 0 amide bonds. The highest BCUT2D eigenvalue weighted by atomic mass is 32.2. The molecule has 7 heteroatoms. The van der Waals surface area contributed by atoms with E-state index in [9.17, 15) is 8.42 Å². The Labute approximate surface area is 240 Å². The Morgan fingerprint density at radius 3 is 2.30 bits per heavy atom. The molecule has 0 radical (unpaired) electrons. The number of hydrogen-bond donors (Lipinski definition) is 1. The monoisotopic (exact) mass is 561 g/mol. The lowest BCUT2D eigenvalue weighted by Gasteiger charge is -2.40. The van der Waals surface area contributed by atoms with Gasteiger partial charge in [-0.3, -0.25) is 0 Å². The molecular formula is C33H43N3O3S. The molecule has 1 N–H and O–H groups in total. The van der Waals surface area contributed by atoms with Gasteiger partial charge in [0.25, 0.3) is 10.0 Å². The Hall–Kier alpha value is -2.93. The van der Waals surface area contributed by atoms with E-state index in [1.165, 1.54) is 12.8 Å². The summed E-state index contributed by atoms with van der Waals surface area (Å²) in [6.45, 7) is 13.7. The van der Waals surface area contributed by atoms with Crippen molar-refractivity contribution in [3.63, 3.8) is 0 Å². The molecule has 1 aliphatic heterocycles. The van der Waals surface area contributed by atoms with Gasteiger partial charge in [-0.15, -0.1) is 0 Å².